The molecule has 0 saturated heterocycles. The molecule has 0 bridgehead atoms. The zero-order valence-corrected chi connectivity index (χ0v) is 14.2. The Morgan fingerprint density at radius 2 is 2.19 bits per heavy atom. The number of carbonyl (C=O) groups excluding carboxylic acids is 1. The highest BCUT2D eigenvalue weighted by Crippen LogP contribution is 2.14. The normalized spacial score (nSPS) is 12.2. The Kier molecular flexibility index (Phi) is 7.60. The third-order valence-electron chi connectivity index (χ3n) is 3.00. The lowest BCUT2D eigenvalue weighted by atomic mass is 10.2. The number of nitrogens with one attached hydrogen (secondary N) is 1. The predicted molar refractivity (Wildman–Crippen MR) is 88.0 cm³/mol. The maximum atomic E-state index is 12.3. The van der Waals surface area contributed by atoms with Crippen LogP contribution in [0.25, 0.3) is 0 Å². The van der Waals surface area contributed by atoms with Crippen LogP contribution in [0.5, 0.6) is 0 Å². The molecule has 1 rings (SSSR count). The molecule has 7 heteroatoms. The van der Waals surface area contributed by atoms with Gasteiger partial charge in [0.05, 0.1) is 6.54 Å². The first-order valence-electron chi connectivity index (χ1n) is 6.77. The van der Waals surface area contributed by atoms with E-state index < -0.39 is 12.0 Å². The van der Waals surface area contributed by atoms with Crippen LogP contribution >= 0.6 is 23.1 Å². The summed E-state index contributed by atoms with van der Waals surface area (Å²) in [6, 6.07) is 2.74. The summed E-state index contributed by atoms with van der Waals surface area (Å²) in [6.45, 7) is 4.34. The number of carboxylic acid groups (broad SMARTS) is 1. The summed E-state index contributed by atoms with van der Waals surface area (Å²) >= 11 is 3.15. The summed E-state index contributed by atoms with van der Waals surface area (Å²) in [5.74, 6) is -0.290. The summed E-state index contributed by atoms with van der Waals surface area (Å²) < 4.78 is 0. The number of thioether (sulfide) groups is 1. The molecule has 0 aliphatic carbocycles. The maximum absolute atomic E-state index is 12.3. The van der Waals surface area contributed by atoms with Gasteiger partial charge < -0.3 is 15.3 Å². The number of carboxylic acids is 1. The number of amides is 2. The minimum Gasteiger partial charge on any atom is -0.480 e. The Balaban J connectivity index is 2.68. The smallest absolute Gasteiger partial charge is 0.326 e. The fourth-order valence-corrected chi connectivity index (χ4v) is 2.96. The summed E-state index contributed by atoms with van der Waals surface area (Å²) in [5.41, 5.74) is 0. The van der Waals surface area contributed by atoms with Crippen molar-refractivity contribution in [1.82, 2.24) is 10.2 Å². The number of nitrogens with zero attached hydrogens (tertiary/aromatic N) is 1. The zero-order valence-electron chi connectivity index (χ0n) is 12.5. The van der Waals surface area contributed by atoms with Crippen molar-refractivity contribution in [2.75, 3.05) is 12.0 Å². The van der Waals surface area contributed by atoms with Gasteiger partial charge in [0.1, 0.15) is 6.04 Å². The largest absolute Gasteiger partial charge is 0.480 e. The minimum absolute atomic E-state index is 0.00194. The number of carbonyl (C=O) groups is 2. The van der Waals surface area contributed by atoms with Gasteiger partial charge in [0, 0.05) is 10.9 Å². The van der Waals surface area contributed by atoms with Crippen LogP contribution in [0.1, 0.15) is 25.1 Å². The van der Waals surface area contributed by atoms with E-state index in [-0.39, 0.29) is 12.1 Å². The third-order valence-corrected chi connectivity index (χ3v) is 4.50. The van der Waals surface area contributed by atoms with Crippen molar-refractivity contribution in [3.63, 3.8) is 0 Å². The van der Waals surface area contributed by atoms with E-state index in [0.29, 0.717) is 18.7 Å². The number of aliphatic carboxylic acids is 1. The van der Waals surface area contributed by atoms with Crippen LogP contribution in [0.2, 0.25) is 0 Å². The quantitative estimate of drug-likeness (QED) is 0.769. The van der Waals surface area contributed by atoms with E-state index >= 15 is 0 Å². The van der Waals surface area contributed by atoms with Crippen molar-refractivity contribution in [2.24, 2.45) is 0 Å². The fraction of sp³-hybridized carbons (Fsp3) is 0.571. The molecule has 1 atom stereocenters. The maximum Gasteiger partial charge on any atom is 0.326 e. The molecule has 0 aliphatic rings. The molecule has 0 saturated carbocycles. The molecular weight excluding hydrogens is 308 g/mol. The summed E-state index contributed by atoms with van der Waals surface area (Å²) in [5, 5.41) is 13.8. The molecule has 2 N–H and O–H groups in total. The molecule has 21 heavy (non-hydrogen) atoms. The molecule has 0 aromatic carbocycles. The minimum atomic E-state index is -0.989. The molecule has 0 radical (unpaired) electrons. The first-order valence-corrected chi connectivity index (χ1v) is 9.04. The van der Waals surface area contributed by atoms with Gasteiger partial charge in [-0.1, -0.05) is 6.07 Å². The van der Waals surface area contributed by atoms with Gasteiger partial charge in [0.15, 0.2) is 0 Å². The van der Waals surface area contributed by atoms with Crippen molar-refractivity contribution in [2.45, 2.75) is 38.9 Å². The van der Waals surface area contributed by atoms with Crippen molar-refractivity contribution >= 4 is 35.1 Å². The van der Waals surface area contributed by atoms with Gasteiger partial charge in [-0.25, -0.2) is 9.59 Å². The van der Waals surface area contributed by atoms with E-state index in [9.17, 15) is 14.7 Å². The average molecular weight is 330 g/mol. The van der Waals surface area contributed by atoms with Gasteiger partial charge in [-0.05, 0) is 43.7 Å². The van der Waals surface area contributed by atoms with Crippen LogP contribution in [0, 0.1) is 0 Å². The van der Waals surface area contributed by atoms with Gasteiger partial charge in [0.25, 0.3) is 0 Å². The van der Waals surface area contributed by atoms with Gasteiger partial charge >= 0.3 is 12.0 Å². The van der Waals surface area contributed by atoms with E-state index in [4.69, 9.17) is 0 Å². The van der Waals surface area contributed by atoms with Gasteiger partial charge in [-0.3, -0.25) is 0 Å². The molecule has 0 spiro atoms. The molecule has 0 aliphatic heterocycles. The lowest BCUT2D eigenvalue weighted by Gasteiger charge is -2.28. The van der Waals surface area contributed by atoms with Crippen molar-refractivity contribution in [1.29, 1.82) is 0 Å². The molecule has 0 fully saturated rings. The van der Waals surface area contributed by atoms with E-state index in [2.05, 4.69) is 5.32 Å². The summed E-state index contributed by atoms with van der Waals surface area (Å²) in [6.07, 6.45) is 2.34. The first-order chi connectivity index (χ1) is 9.95. The van der Waals surface area contributed by atoms with Gasteiger partial charge in [-0.2, -0.15) is 11.8 Å². The van der Waals surface area contributed by atoms with Crippen molar-refractivity contribution in [3.05, 3.63) is 22.4 Å². The zero-order chi connectivity index (χ0) is 15.8. The van der Waals surface area contributed by atoms with Crippen LogP contribution in [-0.4, -0.2) is 46.1 Å². The molecule has 1 heterocycles. The molecule has 118 valence electrons. The summed E-state index contributed by atoms with van der Waals surface area (Å²) in [4.78, 5) is 26.3. The Labute approximate surface area is 133 Å². The van der Waals surface area contributed by atoms with Gasteiger partial charge in [0.2, 0.25) is 0 Å². The third kappa shape index (κ3) is 5.97. The topological polar surface area (TPSA) is 69.6 Å². The van der Waals surface area contributed by atoms with E-state index in [1.807, 2.05) is 37.6 Å². The van der Waals surface area contributed by atoms with Crippen LogP contribution < -0.4 is 5.32 Å². The second-order valence-electron chi connectivity index (χ2n) is 4.92. The Bertz CT molecular complexity index is 449. The molecule has 1 aromatic rings. The number of rotatable bonds is 8. The second kappa shape index (κ2) is 8.94. The summed E-state index contributed by atoms with van der Waals surface area (Å²) in [7, 11) is 0. The highest BCUT2D eigenvalue weighted by atomic mass is 32.2. The Morgan fingerprint density at radius 1 is 1.48 bits per heavy atom. The Hall–Kier alpha value is -1.21. The van der Waals surface area contributed by atoms with E-state index in [1.165, 1.54) is 0 Å². The number of thiophene rings is 1. The van der Waals surface area contributed by atoms with Gasteiger partial charge in [-0.15, -0.1) is 11.3 Å². The SMILES string of the molecule is CSCC[C@H](NC(=O)N(Cc1cccs1)C(C)C)C(=O)O. The highest BCUT2D eigenvalue weighted by molar-refractivity contribution is 7.98. The lowest BCUT2D eigenvalue weighted by Crippen LogP contribution is -2.49. The van der Waals surface area contributed by atoms with Crippen molar-refractivity contribution in [3.8, 4) is 0 Å². The molecule has 5 nitrogen and oxygen atoms in total. The lowest BCUT2D eigenvalue weighted by molar-refractivity contribution is -0.139. The van der Waals surface area contributed by atoms with Crippen LogP contribution in [-0.2, 0) is 11.3 Å². The number of hydrogen-bond acceptors (Lipinski definition) is 4. The predicted octanol–water partition coefficient (Wildman–Crippen LogP) is 2.87. The van der Waals surface area contributed by atoms with Crippen LogP contribution in [0.4, 0.5) is 4.79 Å². The number of hydrogen-bond donors (Lipinski definition) is 2. The monoisotopic (exact) mass is 330 g/mol. The second-order valence-corrected chi connectivity index (χ2v) is 6.94. The van der Waals surface area contributed by atoms with E-state index in [1.54, 1.807) is 28.0 Å². The van der Waals surface area contributed by atoms with Crippen molar-refractivity contribution < 1.29 is 14.7 Å². The number of urea groups is 1. The molecule has 2 amide bonds. The van der Waals surface area contributed by atoms with E-state index in [0.717, 1.165) is 4.88 Å². The standard InChI is InChI=1S/C14H22N2O3S2/c1-10(2)16(9-11-5-4-7-21-11)14(19)15-12(13(17)18)6-8-20-3/h4-5,7,10,12H,6,8-9H2,1-3H3,(H,15,19)(H,17,18)/t12-/m0/s1. The van der Waals surface area contributed by atoms with Crippen LogP contribution in [0.3, 0.4) is 0 Å². The molecule has 0 unspecified atom stereocenters. The average Bonchev–Trinajstić information content (AvgIpc) is 2.92. The first kappa shape index (κ1) is 17.8. The highest BCUT2D eigenvalue weighted by Gasteiger charge is 2.24. The molecular formula is C14H22N2O3S2. The Morgan fingerprint density at radius 3 is 2.67 bits per heavy atom. The fourth-order valence-electron chi connectivity index (χ4n) is 1.78. The molecule has 1 aromatic heterocycles. The van der Waals surface area contributed by atoms with Crippen LogP contribution in [0.15, 0.2) is 17.5 Å².